The molecule has 0 bridgehead atoms. The molecule has 156 valence electrons. The monoisotopic (exact) mass is 429 g/mol. The summed E-state index contributed by atoms with van der Waals surface area (Å²) in [6.45, 7) is 0. The van der Waals surface area contributed by atoms with Crippen LogP contribution < -0.4 is 9.47 Å². The molecule has 2 aromatic carbocycles. The van der Waals surface area contributed by atoms with Crippen LogP contribution in [0.25, 0.3) is 6.08 Å². The molecule has 3 rings (SSSR count). The number of methoxy groups -OCH3 is 3. The van der Waals surface area contributed by atoms with Crippen LogP contribution in [-0.2, 0) is 9.53 Å². The van der Waals surface area contributed by atoms with E-state index in [0.29, 0.717) is 17.2 Å². The summed E-state index contributed by atoms with van der Waals surface area (Å²) in [4.78, 5) is 17.0. The van der Waals surface area contributed by atoms with Gasteiger partial charge in [-0.15, -0.1) is 0 Å². The van der Waals surface area contributed by atoms with Crippen LogP contribution in [0, 0.1) is 0 Å². The number of carbonyl (C=O) groups excluding carboxylic acids is 1. The number of rotatable bonds is 5. The standard InChI is InChI=1S/C21H19NO7S/c1-27-14-8-7-12(10-15(14)28-2)22-20-17(21(26)29-3)19(25)16(30-20)9-11-5-4-6-13(23)18(11)24/h4-10,23-25H,1-3H3/b16-9+,22-20?. The van der Waals surface area contributed by atoms with Gasteiger partial charge in [-0.2, -0.15) is 0 Å². The molecule has 1 aliphatic rings. The van der Waals surface area contributed by atoms with E-state index >= 15 is 0 Å². The van der Waals surface area contributed by atoms with E-state index in [1.807, 2.05) is 0 Å². The third-order valence-electron chi connectivity index (χ3n) is 4.21. The van der Waals surface area contributed by atoms with Crippen molar-refractivity contribution in [1.29, 1.82) is 0 Å². The van der Waals surface area contributed by atoms with Crippen molar-refractivity contribution in [3.63, 3.8) is 0 Å². The maximum Gasteiger partial charge on any atom is 0.344 e. The highest BCUT2D eigenvalue weighted by atomic mass is 32.2. The van der Waals surface area contributed by atoms with Crippen LogP contribution >= 0.6 is 11.8 Å². The molecular weight excluding hydrogens is 410 g/mol. The molecule has 0 amide bonds. The van der Waals surface area contributed by atoms with Crippen LogP contribution in [0.3, 0.4) is 0 Å². The van der Waals surface area contributed by atoms with Crippen LogP contribution in [0.2, 0.25) is 0 Å². The van der Waals surface area contributed by atoms with Crippen molar-refractivity contribution in [1.82, 2.24) is 0 Å². The number of esters is 1. The normalized spacial score (nSPS) is 16.2. The zero-order valence-electron chi connectivity index (χ0n) is 16.4. The molecule has 0 aliphatic carbocycles. The van der Waals surface area contributed by atoms with Gasteiger partial charge in [0.15, 0.2) is 23.0 Å². The van der Waals surface area contributed by atoms with Crippen molar-refractivity contribution >= 4 is 34.5 Å². The Kier molecular flexibility index (Phi) is 6.22. The van der Waals surface area contributed by atoms with Crippen molar-refractivity contribution in [2.75, 3.05) is 21.3 Å². The number of phenols is 2. The molecule has 9 heteroatoms. The number of nitrogens with zero attached hydrogens (tertiary/aromatic N) is 1. The molecule has 8 nitrogen and oxygen atoms in total. The SMILES string of the molecule is COC(=O)C1=C(O)/C(=C\c2cccc(O)c2O)SC1=Nc1ccc(OC)c(OC)c1. The minimum Gasteiger partial charge on any atom is -0.506 e. The maximum atomic E-state index is 12.3. The first kappa shape index (κ1) is 21.1. The predicted octanol–water partition coefficient (Wildman–Crippen LogP) is 3.92. The molecular formula is C21H19NO7S. The van der Waals surface area contributed by atoms with E-state index in [-0.39, 0.29) is 38.3 Å². The van der Waals surface area contributed by atoms with Gasteiger partial charge in [0, 0.05) is 11.6 Å². The van der Waals surface area contributed by atoms with E-state index in [2.05, 4.69) is 4.99 Å². The summed E-state index contributed by atoms with van der Waals surface area (Å²) in [5, 5.41) is 30.5. The smallest absolute Gasteiger partial charge is 0.344 e. The summed E-state index contributed by atoms with van der Waals surface area (Å²) in [6, 6.07) is 9.39. The average Bonchev–Trinajstić information content (AvgIpc) is 3.05. The van der Waals surface area contributed by atoms with Crippen molar-refractivity contribution in [2.45, 2.75) is 0 Å². The average molecular weight is 429 g/mol. The van der Waals surface area contributed by atoms with Crippen molar-refractivity contribution < 1.29 is 34.3 Å². The van der Waals surface area contributed by atoms with Crippen molar-refractivity contribution in [3.8, 4) is 23.0 Å². The zero-order chi connectivity index (χ0) is 21.8. The third kappa shape index (κ3) is 4.06. The Morgan fingerprint density at radius 3 is 2.43 bits per heavy atom. The second-order valence-electron chi connectivity index (χ2n) is 6.00. The molecule has 0 saturated heterocycles. The van der Waals surface area contributed by atoms with Gasteiger partial charge in [0.1, 0.15) is 16.4 Å². The first-order valence-electron chi connectivity index (χ1n) is 8.63. The van der Waals surface area contributed by atoms with Crippen LogP contribution in [0.15, 0.2) is 57.6 Å². The first-order valence-corrected chi connectivity index (χ1v) is 9.44. The number of hydrogen-bond donors (Lipinski definition) is 3. The highest BCUT2D eigenvalue weighted by Gasteiger charge is 2.33. The molecule has 30 heavy (non-hydrogen) atoms. The van der Waals surface area contributed by atoms with Gasteiger partial charge in [-0.3, -0.25) is 0 Å². The Hall–Kier alpha value is -3.59. The van der Waals surface area contributed by atoms with E-state index in [0.717, 1.165) is 11.8 Å². The number of aromatic hydroxyl groups is 2. The summed E-state index contributed by atoms with van der Waals surface area (Å²) >= 11 is 1.02. The van der Waals surface area contributed by atoms with Crippen LogP contribution in [0.4, 0.5) is 5.69 Å². The van der Waals surface area contributed by atoms with Gasteiger partial charge in [-0.05, 0) is 24.3 Å². The minimum absolute atomic E-state index is 0.108. The summed E-state index contributed by atoms with van der Waals surface area (Å²) < 4.78 is 15.3. The van der Waals surface area contributed by atoms with E-state index in [9.17, 15) is 20.1 Å². The number of thioether (sulfide) groups is 1. The molecule has 0 spiro atoms. The number of benzene rings is 2. The molecule has 1 aliphatic heterocycles. The largest absolute Gasteiger partial charge is 0.506 e. The van der Waals surface area contributed by atoms with Crippen molar-refractivity contribution in [2.24, 2.45) is 4.99 Å². The second-order valence-corrected chi connectivity index (χ2v) is 7.03. The van der Waals surface area contributed by atoms with Gasteiger partial charge in [0.25, 0.3) is 0 Å². The topological polar surface area (TPSA) is 118 Å². The molecule has 0 atom stereocenters. The molecule has 2 aromatic rings. The zero-order valence-corrected chi connectivity index (χ0v) is 17.2. The van der Waals surface area contributed by atoms with Gasteiger partial charge in [0.2, 0.25) is 0 Å². The Morgan fingerprint density at radius 2 is 1.77 bits per heavy atom. The number of phenolic OH excluding ortho intramolecular Hbond substituents is 2. The molecule has 3 N–H and O–H groups in total. The quantitative estimate of drug-likeness (QED) is 0.484. The summed E-state index contributed by atoms with van der Waals surface area (Å²) in [7, 11) is 4.21. The van der Waals surface area contributed by atoms with Gasteiger partial charge in [-0.1, -0.05) is 23.9 Å². The number of aliphatic imine (C=N–C) groups is 1. The lowest BCUT2D eigenvalue weighted by atomic mass is 10.1. The predicted molar refractivity (Wildman–Crippen MR) is 114 cm³/mol. The van der Waals surface area contributed by atoms with Gasteiger partial charge in [0.05, 0.1) is 31.9 Å². The minimum atomic E-state index is -0.761. The lowest BCUT2D eigenvalue weighted by molar-refractivity contribution is -0.135. The number of ether oxygens (including phenoxy) is 3. The molecule has 0 radical (unpaired) electrons. The molecule has 0 saturated carbocycles. The van der Waals surface area contributed by atoms with E-state index in [1.54, 1.807) is 30.3 Å². The number of aliphatic hydroxyl groups is 1. The Balaban J connectivity index is 2.08. The van der Waals surface area contributed by atoms with Crippen LogP contribution in [-0.4, -0.2) is 47.7 Å². The number of carbonyl (C=O) groups is 1. The first-order chi connectivity index (χ1) is 14.4. The van der Waals surface area contributed by atoms with E-state index < -0.39 is 5.97 Å². The highest BCUT2D eigenvalue weighted by Crippen LogP contribution is 2.42. The molecule has 0 fully saturated rings. The maximum absolute atomic E-state index is 12.3. The number of hydrogen-bond acceptors (Lipinski definition) is 9. The Labute approximate surface area is 176 Å². The van der Waals surface area contributed by atoms with Crippen molar-refractivity contribution in [3.05, 3.63) is 58.2 Å². The number of aliphatic hydroxyl groups excluding tert-OH is 1. The fourth-order valence-corrected chi connectivity index (χ4v) is 3.73. The third-order valence-corrected chi connectivity index (χ3v) is 5.23. The van der Waals surface area contributed by atoms with Crippen LogP contribution in [0.1, 0.15) is 5.56 Å². The lowest BCUT2D eigenvalue weighted by Gasteiger charge is -2.08. The molecule has 0 unspecified atom stereocenters. The highest BCUT2D eigenvalue weighted by molar-refractivity contribution is 8.18. The Morgan fingerprint density at radius 1 is 1.03 bits per heavy atom. The summed E-state index contributed by atoms with van der Waals surface area (Å²) in [5.74, 6) is -0.772. The summed E-state index contributed by atoms with van der Waals surface area (Å²) in [6.07, 6.45) is 1.44. The number of para-hydroxylation sites is 1. The lowest BCUT2D eigenvalue weighted by Crippen LogP contribution is -2.10. The van der Waals surface area contributed by atoms with E-state index in [4.69, 9.17) is 14.2 Å². The van der Waals surface area contributed by atoms with E-state index in [1.165, 1.54) is 33.5 Å². The Bertz CT molecular complexity index is 1090. The fraction of sp³-hybridized carbons (Fsp3) is 0.143. The van der Waals surface area contributed by atoms with Gasteiger partial charge in [-0.25, -0.2) is 9.79 Å². The summed E-state index contributed by atoms with van der Waals surface area (Å²) in [5.41, 5.74) is 0.620. The van der Waals surface area contributed by atoms with Gasteiger partial charge < -0.3 is 29.5 Å². The second kappa shape index (κ2) is 8.83. The van der Waals surface area contributed by atoms with Crippen LogP contribution in [0.5, 0.6) is 23.0 Å². The molecule has 0 aromatic heterocycles. The molecule has 1 heterocycles. The van der Waals surface area contributed by atoms with Gasteiger partial charge >= 0.3 is 5.97 Å². The fourth-order valence-electron chi connectivity index (χ4n) is 2.71.